The second-order valence-corrected chi connectivity index (χ2v) is 5.55. The van der Waals surface area contributed by atoms with Gasteiger partial charge in [0.15, 0.2) is 11.6 Å². The number of ether oxygens (including phenoxy) is 1. The van der Waals surface area contributed by atoms with Crippen LogP contribution in [0.5, 0.6) is 11.5 Å². The van der Waals surface area contributed by atoms with Crippen LogP contribution in [-0.4, -0.2) is 23.3 Å². The summed E-state index contributed by atoms with van der Waals surface area (Å²) in [6.07, 6.45) is 0.637. The summed E-state index contributed by atoms with van der Waals surface area (Å²) in [7, 11) is 1.30. The summed E-state index contributed by atoms with van der Waals surface area (Å²) in [6, 6.07) is 7.33. The van der Waals surface area contributed by atoms with Crippen LogP contribution in [0.1, 0.15) is 21.5 Å². The Bertz CT molecular complexity index is 716. The Labute approximate surface area is 135 Å². The molecule has 22 heavy (non-hydrogen) atoms. The monoisotopic (exact) mass is 368 g/mol. The summed E-state index contributed by atoms with van der Waals surface area (Å²) in [5, 5.41) is 19.0. The molecule has 2 N–H and O–H groups in total. The number of esters is 1. The highest BCUT2D eigenvalue weighted by Gasteiger charge is 2.14. The van der Waals surface area contributed by atoms with Gasteiger partial charge in [-0.25, -0.2) is 9.18 Å². The van der Waals surface area contributed by atoms with Gasteiger partial charge in [-0.2, -0.15) is 0 Å². The molecule has 0 aromatic heterocycles. The highest BCUT2D eigenvalue weighted by atomic mass is 79.9. The summed E-state index contributed by atoms with van der Waals surface area (Å²) < 4.78 is 19.1. The van der Waals surface area contributed by atoms with Crippen molar-refractivity contribution in [2.45, 2.75) is 12.8 Å². The van der Waals surface area contributed by atoms with E-state index in [9.17, 15) is 19.4 Å². The van der Waals surface area contributed by atoms with E-state index in [0.29, 0.717) is 16.5 Å². The fourth-order valence-electron chi connectivity index (χ4n) is 2.09. The second kappa shape index (κ2) is 6.79. The van der Waals surface area contributed by atoms with Crippen LogP contribution < -0.4 is 0 Å². The Kier molecular flexibility index (Phi) is 5.03. The zero-order valence-corrected chi connectivity index (χ0v) is 13.4. The minimum Gasteiger partial charge on any atom is -0.508 e. The Morgan fingerprint density at radius 1 is 1.18 bits per heavy atom. The molecule has 0 amide bonds. The number of phenolic OH excluding ortho intramolecular Hbond substituents is 2. The van der Waals surface area contributed by atoms with E-state index in [2.05, 4.69) is 20.7 Å². The van der Waals surface area contributed by atoms with E-state index in [1.807, 2.05) is 0 Å². The van der Waals surface area contributed by atoms with E-state index in [0.717, 1.165) is 11.6 Å². The van der Waals surface area contributed by atoms with Crippen LogP contribution in [0.4, 0.5) is 4.39 Å². The molecular formula is C16H14BrFO4. The second-order valence-electron chi connectivity index (χ2n) is 4.69. The van der Waals surface area contributed by atoms with Crippen molar-refractivity contribution in [2.75, 3.05) is 7.11 Å². The van der Waals surface area contributed by atoms with E-state index < -0.39 is 17.5 Å². The number of aromatic hydroxyl groups is 2. The number of hydrogen-bond donors (Lipinski definition) is 2. The van der Waals surface area contributed by atoms with Gasteiger partial charge < -0.3 is 14.9 Å². The number of halogens is 2. The van der Waals surface area contributed by atoms with E-state index in [1.54, 1.807) is 18.2 Å². The van der Waals surface area contributed by atoms with Crippen molar-refractivity contribution in [3.63, 3.8) is 0 Å². The zero-order chi connectivity index (χ0) is 16.3. The number of benzene rings is 2. The van der Waals surface area contributed by atoms with Gasteiger partial charge in [-0.05, 0) is 42.7 Å². The molecular weight excluding hydrogens is 355 g/mol. The van der Waals surface area contributed by atoms with Crippen molar-refractivity contribution in [1.82, 2.24) is 0 Å². The van der Waals surface area contributed by atoms with Crippen LogP contribution >= 0.6 is 15.9 Å². The summed E-state index contributed by atoms with van der Waals surface area (Å²) in [6.45, 7) is 0. The van der Waals surface area contributed by atoms with Crippen LogP contribution in [0, 0.1) is 5.82 Å². The molecule has 6 heteroatoms. The van der Waals surface area contributed by atoms with Crippen molar-refractivity contribution in [2.24, 2.45) is 0 Å². The van der Waals surface area contributed by atoms with Gasteiger partial charge in [0.1, 0.15) is 5.75 Å². The van der Waals surface area contributed by atoms with Gasteiger partial charge in [0, 0.05) is 10.0 Å². The molecule has 0 aliphatic rings. The van der Waals surface area contributed by atoms with Gasteiger partial charge in [-0.15, -0.1) is 0 Å². The van der Waals surface area contributed by atoms with E-state index in [-0.39, 0.29) is 17.7 Å². The lowest BCUT2D eigenvalue weighted by Gasteiger charge is -2.09. The number of methoxy groups -OCH3 is 1. The number of carbonyl (C=O) groups excluding carboxylic acids is 1. The molecule has 0 fully saturated rings. The third-order valence-corrected chi connectivity index (χ3v) is 4.05. The number of hydrogen-bond acceptors (Lipinski definition) is 4. The first-order valence-corrected chi connectivity index (χ1v) is 7.29. The first kappa shape index (κ1) is 16.3. The van der Waals surface area contributed by atoms with Crippen molar-refractivity contribution >= 4 is 21.9 Å². The van der Waals surface area contributed by atoms with Crippen molar-refractivity contribution in [1.29, 1.82) is 0 Å². The SMILES string of the molecule is COC(=O)c1ccc(CCc2c(O)ccc(O)c2F)c(Br)c1. The molecule has 0 saturated heterocycles. The predicted octanol–water partition coefficient (Wildman–Crippen LogP) is 3.57. The van der Waals surface area contributed by atoms with Crippen molar-refractivity contribution < 1.29 is 24.1 Å². The lowest BCUT2D eigenvalue weighted by molar-refractivity contribution is 0.0600. The topological polar surface area (TPSA) is 66.8 Å². The molecule has 0 unspecified atom stereocenters. The van der Waals surface area contributed by atoms with E-state index in [4.69, 9.17) is 0 Å². The fraction of sp³-hybridized carbons (Fsp3) is 0.188. The third kappa shape index (κ3) is 3.39. The molecule has 0 saturated carbocycles. The Morgan fingerprint density at radius 2 is 1.86 bits per heavy atom. The zero-order valence-electron chi connectivity index (χ0n) is 11.8. The summed E-state index contributed by atoms with van der Waals surface area (Å²) >= 11 is 3.36. The van der Waals surface area contributed by atoms with Gasteiger partial charge in [-0.3, -0.25) is 0 Å². The number of phenols is 2. The highest BCUT2D eigenvalue weighted by Crippen LogP contribution is 2.29. The molecule has 0 aliphatic heterocycles. The molecule has 2 aromatic rings. The maximum atomic E-state index is 13.8. The number of carbonyl (C=O) groups is 1. The summed E-state index contributed by atoms with van der Waals surface area (Å²) in [5.41, 5.74) is 1.31. The highest BCUT2D eigenvalue weighted by molar-refractivity contribution is 9.10. The summed E-state index contributed by atoms with van der Waals surface area (Å²) in [4.78, 5) is 11.4. The van der Waals surface area contributed by atoms with E-state index in [1.165, 1.54) is 13.2 Å². The lowest BCUT2D eigenvalue weighted by Crippen LogP contribution is -2.02. The third-order valence-electron chi connectivity index (χ3n) is 3.32. The van der Waals surface area contributed by atoms with Crippen LogP contribution in [0.25, 0.3) is 0 Å². The molecule has 2 aromatic carbocycles. The minimum absolute atomic E-state index is 0.0592. The van der Waals surface area contributed by atoms with Crippen LogP contribution in [0.3, 0.4) is 0 Å². The largest absolute Gasteiger partial charge is 0.508 e. The molecule has 0 spiro atoms. The lowest BCUT2D eigenvalue weighted by atomic mass is 10.0. The molecule has 0 heterocycles. The van der Waals surface area contributed by atoms with Gasteiger partial charge in [0.2, 0.25) is 0 Å². The Hall–Kier alpha value is -2.08. The minimum atomic E-state index is -0.817. The quantitative estimate of drug-likeness (QED) is 0.639. The standard InChI is InChI=1S/C16H14BrFO4/c1-22-16(21)10-3-2-9(12(17)8-10)4-5-11-13(19)6-7-14(20)15(11)18/h2-3,6-8,19-20H,4-5H2,1H3. The van der Waals surface area contributed by atoms with Gasteiger partial charge in [0.25, 0.3) is 0 Å². The molecule has 0 atom stereocenters. The normalized spacial score (nSPS) is 10.5. The van der Waals surface area contributed by atoms with Gasteiger partial charge in [0.05, 0.1) is 12.7 Å². The van der Waals surface area contributed by atoms with Crippen LogP contribution in [-0.2, 0) is 17.6 Å². The maximum Gasteiger partial charge on any atom is 0.337 e. The van der Waals surface area contributed by atoms with Crippen molar-refractivity contribution in [3.05, 3.63) is 57.3 Å². The Morgan fingerprint density at radius 3 is 2.50 bits per heavy atom. The molecule has 116 valence electrons. The Balaban J connectivity index is 2.19. The van der Waals surface area contributed by atoms with E-state index >= 15 is 0 Å². The molecule has 0 aliphatic carbocycles. The van der Waals surface area contributed by atoms with Crippen LogP contribution in [0.15, 0.2) is 34.8 Å². The number of rotatable bonds is 4. The van der Waals surface area contributed by atoms with Gasteiger partial charge in [-0.1, -0.05) is 22.0 Å². The molecule has 4 nitrogen and oxygen atoms in total. The molecule has 0 radical (unpaired) electrons. The van der Waals surface area contributed by atoms with Gasteiger partial charge >= 0.3 is 5.97 Å². The first-order valence-electron chi connectivity index (χ1n) is 6.50. The first-order chi connectivity index (χ1) is 10.4. The molecule has 2 rings (SSSR count). The van der Waals surface area contributed by atoms with Crippen LogP contribution in [0.2, 0.25) is 0 Å². The smallest absolute Gasteiger partial charge is 0.337 e. The molecule has 0 bridgehead atoms. The van der Waals surface area contributed by atoms with Crippen molar-refractivity contribution in [3.8, 4) is 11.5 Å². The average Bonchev–Trinajstić information content (AvgIpc) is 2.51. The summed E-state index contributed by atoms with van der Waals surface area (Å²) in [5.74, 6) is -1.95. The average molecular weight is 369 g/mol. The number of aryl methyl sites for hydroxylation is 1. The maximum absolute atomic E-state index is 13.8. The predicted molar refractivity (Wildman–Crippen MR) is 82.6 cm³/mol. The fourth-order valence-corrected chi connectivity index (χ4v) is 2.67.